The van der Waals surface area contributed by atoms with Crippen LogP contribution >= 0.6 is 0 Å². The molecule has 0 unspecified atom stereocenters. The molecule has 4 aromatic rings. The lowest BCUT2D eigenvalue weighted by Gasteiger charge is -2.26. The average Bonchev–Trinajstić information content (AvgIpc) is 2.85. The minimum atomic E-state index is -0.668. The van der Waals surface area contributed by atoms with E-state index in [1.54, 1.807) is 12.1 Å². The van der Waals surface area contributed by atoms with E-state index < -0.39 is 29.2 Å². The van der Waals surface area contributed by atoms with Crippen LogP contribution in [-0.2, 0) is 4.79 Å². The summed E-state index contributed by atoms with van der Waals surface area (Å²) in [6.45, 7) is -0.481. The Morgan fingerprint density at radius 3 is 2.12 bits per heavy atom. The molecule has 1 N–H and O–H groups in total. The molecular formula is C26H17N3O5. The van der Waals surface area contributed by atoms with Crippen LogP contribution < -0.4 is 5.32 Å². The van der Waals surface area contributed by atoms with E-state index in [-0.39, 0.29) is 27.6 Å². The summed E-state index contributed by atoms with van der Waals surface area (Å²) in [7, 11) is 0. The van der Waals surface area contributed by atoms with Gasteiger partial charge < -0.3 is 5.32 Å². The second kappa shape index (κ2) is 8.25. The van der Waals surface area contributed by atoms with Crippen molar-refractivity contribution in [3.05, 3.63) is 106 Å². The Morgan fingerprint density at radius 2 is 1.44 bits per heavy atom. The maximum absolute atomic E-state index is 13.0. The fourth-order valence-electron chi connectivity index (χ4n) is 4.15. The Labute approximate surface area is 193 Å². The van der Waals surface area contributed by atoms with Gasteiger partial charge in [0.2, 0.25) is 5.91 Å². The Balaban J connectivity index is 1.37. The van der Waals surface area contributed by atoms with Gasteiger partial charge in [-0.2, -0.15) is 0 Å². The van der Waals surface area contributed by atoms with Gasteiger partial charge in [0.1, 0.15) is 6.54 Å². The smallest absolute Gasteiger partial charge is 0.277 e. The summed E-state index contributed by atoms with van der Waals surface area (Å²) in [6.07, 6.45) is 0. The van der Waals surface area contributed by atoms with E-state index in [4.69, 9.17) is 0 Å². The maximum atomic E-state index is 13.0. The molecule has 0 spiro atoms. The minimum absolute atomic E-state index is 0.149. The third-order valence-corrected chi connectivity index (χ3v) is 5.74. The van der Waals surface area contributed by atoms with Gasteiger partial charge >= 0.3 is 0 Å². The van der Waals surface area contributed by atoms with Crippen molar-refractivity contribution in [2.24, 2.45) is 0 Å². The number of carbonyl (C=O) groups excluding carboxylic acids is 3. The molecule has 0 aliphatic carbocycles. The second-order valence-electron chi connectivity index (χ2n) is 7.81. The van der Waals surface area contributed by atoms with E-state index in [9.17, 15) is 24.5 Å². The molecule has 8 nitrogen and oxygen atoms in total. The Morgan fingerprint density at radius 1 is 0.794 bits per heavy atom. The van der Waals surface area contributed by atoms with Crippen molar-refractivity contribution in [2.75, 3.05) is 11.9 Å². The zero-order valence-electron chi connectivity index (χ0n) is 17.7. The molecule has 0 saturated carbocycles. The number of imide groups is 1. The molecule has 0 aromatic heterocycles. The van der Waals surface area contributed by atoms with Crippen LogP contribution in [0.15, 0.2) is 84.9 Å². The van der Waals surface area contributed by atoms with Crippen molar-refractivity contribution in [3.63, 3.8) is 0 Å². The highest BCUT2D eigenvalue weighted by atomic mass is 16.6. The zero-order chi connectivity index (χ0) is 23.8. The van der Waals surface area contributed by atoms with Gasteiger partial charge in [0, 0.05) is 28.3 Å². The van der Waals surface area contributed by atoms with Gasteiger partial charge in [-0.25, -0.2) is 0 Å². The molecule has 34 heavy (non-hydrogen) atoms. The van der Waals surface area contributed by atoms with Crippen LogP contribution in [0.4, 0.5) is 11.4 Å². The summed E-state index contributed by atoms with van der Waals surface area (Å²) in [6, 6.07) is 24.1. The summed E-state index contributed by atoms with van der Waals surface area (Å²) in [5.74, 6) is -1.87. The van der Waals surface area contributed by atoms with Crippen LogP contribution in [0.1, 0.15) is 20.7 Å². The van der Waals surface area contributed by atoms with E-state index in [0.29, 0.717) is 5.69 Å². The Hall–Kier alpha value is -4.85. The topological polar surface area (TPSA) is 110 Å². The number of amides is 3. The lowest BCUT2D eigenvalue weighted by molar-refractivity contribution is -0.383. The number of nitro groups is 1. The van der Waals surface area contributed by atoms with Gasteiger partial charge in [0.15, 0.2) is 0 Å². The molecule has 166 valence electrons. The monoisotopic (exact) mass is 451 g/mol. The molecule has 8 heteroatoms. The highest BCUT2D eigenvalue weighted by molar-refractivity contribution is 6.27. The number of nitrogens with zero attached hydrogens (tertiary/aromatic N) is 2. The number of nitro benzene ring substituents is 1. The minimum Gasteiger partial charge on any atom is -0.325 e. The SMILES string of the molecule is O=C(CN1C(=O)c2cccc3c([N+](=O)[O-])ccc(c23)C1=O)Nc1ccc(-c2ccccc2)cc1. The van der Waals surface area contributed by atoms with Crippen molar-refractivity contribution in [3.8, 4) is 11.1 Å². The number of benzene rings is 4. The third kappa shape index (κ3) is 3.57. The van der Waals surface area contributed by atoms with Gasteiger partial charge in [-0.05, 0) is 41.5 Å². The second-order valence-corrected chi connectivity index (χ2v) is 7.81. The first-order chi connectivity index (χ1) is 16.4. The molecule has 0 atom stereocenters. The highest BCUT2D eigenvalue weighted by Gasteiger charge is 2.35. The number of hydrogen-bond acceptors (Lipinski definition) is 5. The molecule has 0 bridgehead atoms. The first-order valence-electron chi connectivity index (χ1n) is 10.5. The number of nitrogens with one attached hydrogen (secondary N) is 1. The lowest BCUT2D eigenvalue weighted by Crippen LogP contribution is -2.44. The Bertz CT molecular complexity index is 1460. The first kappa shape index (κ1) is 21.0. The molecule has 0 radical (unpaired) electrons. The fourth-order valence-corrected chi connectivity index (χ4v) is 4.15. The molecule has 4 aromatic carbocycles. The van der Waals surface area contributed by atoms with Crippen molar-refractivity contribution in [1.29, 1.82) is 0 Å². The molecule has 1 heterocycles. The summed E-state index contributed by atoms with van der Waals surface area (Å²) in [5, 5.41) is 14.5. The van der Waals surface area contributed by atoms with Crippen LogP contribution in [0.25, 0.3) is 21.9 Å². The lowest BCUT2D eigenvalue weighted by atomic mass is 9.93. The quantitative estimate of drug-likeness (QED) is 0.270. The largest absolute Gasteiger partial charge is 0.325 e. The maximum Gasteiger partial charge on any atom is 0.277 e. The number of carbonyl (C=O) groups is 3. The van der Waals surface area contributed by atoms with Crippen molar-refractivity contribution >= 4 is 39.9 Å². The summed E-state index contributed by atoms with van der Waals surface area (Å²) < 4.78 is 0. The van der Waals surface area contributed by atoms with Crippen LogP contribution in [0.2, 0.25) is 0 Å². The van der Waals surface area contributed by atoms with Gasteiger partial charge in [-0.1, -0.05) is 48.5 Å². The molecule has 1 aliphatic heterocycles. The van der Waals surface area contributed by atoms with E-state index in [2.05, 4.69) is 5.32 Å². The van der Waals surface area contributed by atoms with Crippen molar-refractivity contribution in [1.82, 2.24) is 4.90 Å². The first-order valence-corrected chi connectivity index (χ1v) is 10.5. The fraction of sp³-hybridized carbons (Fsp3) is 0.0385. The molecule has 0 fully saturated rings. The average molecular weight is 451 g/mol. The molecule has 1 aliphatic rings. The van der Waals surface area contributed by atoms with Gasteiger partial charge in [-0.3, -0.25) is 29.4 Å². The molecule has 0 saturated heterocycles. The van der Waals surface area contributed by atoms with E-state index in [0.717, 1.165) is 16.0 Å². The van der Waals surface area contributed by atoms with Gasteiger partial charge in [-0.15, -0.1) is 0 Å². The predicted octanol–water partition coefficient (Wildman–Crippen LogP) is 4.65. The van der Waals surface area contributed by atoms with Crippen LogP contribution in [0.3, 0.4) is 0 Å². The third-order valence-electron chi connectivity index (χ3n) is 5.74. The number of non-ortho nitro benzene ring substituents is 1. The van der Waals surface area contributed by atoms with Crippen LogP contribution in [0.5, 0.6) is 0 Å². The van der Waals surface area contributed by atoms with Crippen molar-refractivity contribution < 1.29 is 19.3 Å². The normalized spacial score (nSPS) is 12.6. The summed E-state index contributed by atoms with van der Waals surface area (Å²) >= 11 is 0. The van der Waals surface area contributed by atoms with E-state index in [1.807, 2.05) is 42.5 Å². The molecular weight excluding hydrogens is 434 g/mol. The van der Waals surface area contributed by atoms with Gasteiger partial charge in [0.05, 0.1) is 10.3 Å². The summed E-state index contributed by atoms with van der Waals surface area (Å²) in [5.41, 5.74) is 2.66. The predicted molar refractivity (Wildman–Crippen MR) is 126 cm³/mol. The number of hydrogen-bond donors (Lipinski definition) is 1. The summed E-state index contributed by atoms with van der Waals surface area (Å²) in [4.78, 5) is 50.4. The van der Waals surface area contributed by atoms with E-state index in [1.165, 1.54) is 30.3 Å². The highest BCUT2D eigenvalue weighted by Crippen LogP contribution is 2.35. The number of rotatable bonds is 5. The van der Waals surface area contributed by atoms with Gasteiger partial charge in [0.25, 0.3) is 17.5 Å². The van der Waals surface area contributed by atoms with Crippen LogP contribution in [0, 0.1) is 10.1 Å². The van der Waals surface area contributed by atoms with Crippen molar-refractivity contribution in [2.45, 2.75) is 0 Å². The standard InChI is InChI=1S/C26H17N3O5/c30-23(27-18-11-9-17(10-12-18)16-5-2-1-3-6-16)15-28-25(31)20-8-4-7-19-22(29(33)34)14-13-21(24(19)20)26(28)32/h1-14H,15H2,(H,27,30). The molecule has 3 amide bonds. The zero-order valence-corrected chi connectivity index (χ0v) is 17.7. The molecule has 5 rings (SSSR count). The van der Waals surface area contributed by atoms with Crippen LogP contribution in [-0.4, -0.2) is 34.1 Å². The number of anilines is 1. The van der Waals surface area contributed by atoms with E-state index >= 15 is 0 Å². The Kier molecular flexibility index (Phi) is 5.10.